The molecule has 1 aliphatic rings. The Bertz CT molecular complexity index is 584. The van der Waals surface area contributed by atoms with Gasteiger partial charge in [-0.1, -0.05) is 0 Å². The number of hydrogen-bond acceptors (Lipinski definition) is 5. The first-order chi connectivity index (χ1) is 9.25. The Hall–Kier alpha value is -1.66. The highest BCUT2D eigenvalue weighted by Gasteiger charge is 2.25. The molecule has 0 unspecified atom stereocenters. The van der Waals surface area contributed by atoms with Crippen LogP contribution in [-0.4, -0.2) is 42.1 Å². The number of nitrogens with zero attached hydrogens (tertiary/aromatic N) is 2. The first kappa shape index (κ1) is 12.4. The average molecular weight is 278 g/mol. The molecule has 100 valence electrons. The van der Waals surface area contributed by atoms with E-state index < -0.39 is 0 Å². The van der Waals surface area contributed by atoms with Gasteiger partial charge in [0.05, 0.1) is 18.1 Å². The minimum Gasteiger partial charge on any atom is -0.442 e. The third-order valence-electron chi connectivity index (χ3n) is 3.03. The molecule has 1 saturated heterocycles. The van der Waals surface area contributed by atoms with Crippen molar-refractivity contribution in [3.05, 3.63) is 29.1 Å². The van der Waals surface area contributed by atoms with Gasteiger partial charge in [0, 0.05) is 18.0 Å². The fraction of sp³-hybridized carbons (Fsp3) is 0.385. The maximum Gasteiger partial charge on any atom is 0.276 e. The minimum atomic E-state index is -0.0851. The molecular weight excluding hydrogens is 264 g/mol. The molecule has 1 fully saturated rings. The average Bonchev–Trinajstić information content (AvgIpc) is 3.07. The van der Waals surface area contributed by atoms with Crippen LogP contribution in [0.2, 0.25) is 0 Å². The lowest BCUT2D eigenvalue weighted by atomic mass is 10.2. The number of rotatable bonds is 2. The second kappa shape index (κ2) is 5.14. The van der Waals surface area contributed by atoms with Crippen molar-refractivity contribution >= 4 is 17.2 Å². The second-order valence-corrected chi connectivity index (χ2v) is 5.63. The van der Waals surface area contributed by atoms with Crippen LogP contribution in [0, 0.1) is 6.92 Å². The molecule has 1 amide bonds. The van der Waals surface area contributed by atoms with E-state index in [1.807, 2.05) is 19.1 Å². The fourth-order valence-corrected chi connectivity index (χ4v) is 2.90. The third-order valence-corrected chi connectivity index (χ3v) is 4.03. The maximum absolute atomic E-state index is 12.4. The number of amides is 1. The quantitative estimate of drug-likeness (QED) is 0.845. The highest BCUT2D eigenvalue weighted by molar-refractivity contribution is 7.15. The molecule has 1 aliphatic heterocycles. The van der Waals surface area contributed by atoms with E-state index in [0.29, 0.717) is 37.8 Å². The second-order valence-electron chi connectivity index (χ2n) is 4.34. The summed E-state index contributed by atoms with van der Waals surface area (Å²) in [6.45, 7) is 4.39. The summed E-state index contributed by atoms with van der Waals surface area (Å²) in [7, 11) is 0. The normalized spacial score (nSPS) is 15.7. The summed E-state index contributed by atoms with van der Waals surface area (Å²) in [6, 6.07) is 3.96. The van der Waals surface area contributed by atoms with Crippen molar-refractivity contribution in [1.82, 2.24) is 9.88 Å². The van der Waals surface area contributed by atoms with Crippen LogP contribution in [0.5, 0.6) is 0 Å². The summed E-state index contributed by atoms with van der Waals surface area (Å²) in [5.74, 6) is 0.479. The van der Waals surface area contributed by atoms with Crippen LogP contribution in [-0.2, 0) is 4.74 Å². The predicted molar refractivity (Wildman–Crippen MR) is 71.3 cm³/mol. The standard InChI is InChI=1S/C13H14N2O3S/c1-9-2-3-10(19-9)12-11(14-8-18-12)13(16)15-4-6-17-7-5-15/h2-3,8H,4-7H2,1H3. The summed E-state index contributed by atoms with van der Waals surface area (Å²) in [5.41, 5.74) is 0.392. The Labute approximate surface area is 114 Å². The van der Waals surface area contributed by atoms with E-state index in [2.05, 4.69) is 4.98 Å². The maximum atomic E-state index is 12.4. The van der Waals surface area contributed by atoms with Gasteiger partial charge in [0.15, 0.2) is 17.8 Å². The molecule has 0 radical (unpaired) electrons. The molecule has 3 heterocycles. The minimum absolute atomic E-state index is 0.0851. The monoisotopic (exact) mass is 278 g/mol. The van der Waals surface area contributed by atoms with Gasteiger partial charge < -0.3 is 14.1 Å². The molecule has 5 nitrogen and oxygen atoms in total. The Morgan fingerprint density at radius 3 is 2.84 bits per heavy atom. The zero-order chi connectivity index (χ0) is 13.2. The number of hydrogen-bond donors (Lipinski definition) is 0. The van der Waals surface area contributed by atoms with Crippen LogP contribution in [0.25, 0.3) is 10.6 Å². The molecule has 0 aliphatic carbocycles. The fourth-order valence-electron chi connectivity index (χ4n) is 2.05. The lowest BCUT2D eigenvalue weighted by Gasteiger charge is -2.26. The van der Waals surface area contributed by atoms with Gasteiger partial charge in [-0.25, -0.2) is 4.98 Å². The van der Waals surface area contributed by atoms with E-state index >= 15 is 0 Å². The molecule has 0 spiro atoms. The van der Waals surface area contributed by atoms with E-state index in [-0.39, 0.29) is 5.91 Å². The van der Waals surface area contributed by atoms with E-state index in [0.717, 1.165) is 4.88 Å². The van der Waals surface area contributed by atoms with Gasteiger partial charge in [-0.15, -0.1) is 11.3 Å². The van der Waals surface area contributed by atoms with Gasteiger partial charge in [0.25, 0.3) is 5.91 Å². The van der Waals surface area contributed by atoms with Crippen molar-refractivity contribution < 1.29 is 13.9 Å². The SMILES string of the molecule is Cc1ccc(-c2ocnc2C(=O)N2CCOCC2)s1. The number of morpholine rings is 1. The number of aryl methyl sites for hydroxylation is 1. The van der Waals surface area contributed by atoms with Crippen molar-refractivity contribution in [2.75, 3.05) is 26.3 Å². The van der Waals surface area contributed by atoms with Gasteiger partial charge in [0.1, 0.15) is 0 Å². The van der Waals surface area contributed by atoms with Gasteiger partial charge in [-0.3, -0.25) is 4.79 Å². The van der Waals surface area contributed by atoms with Gasteiger partial charge in [-0.05, 0) is 19.1 Å². The number of thiophene rings is 1. The van der Waals surface area contributed by atoms with E-state index in [9.17, 15) is 4.79 Å². The van der Waals surface area contributed by atoms with Gasteiger partial charge in [-0.2, -0.15) is 0 Å². The van der Waals surface area contributed by atoms with Crippen molar-refractivity contribution in [3.8, 4) is 10.6 Å². The Morgan fingerprint density at radius 2 is 2.16 bits per heavy atom. The summed E-state index contributed by atoms with van der Waals surface area (Å²) in [6.07, 6.45) is 1.33. The molecule has 0 atom stereocenters. The lowest BCUT2D eigenvalue weighted by molar-refractivity contribution is 0.0299. The number of carbonyl (C=O) groups is 1. The molecule has 0 N–H and O–H groups in total. The van der Waals surface area contributed by atoms with Crippen LogP contribution >= 0.6 is 11.3 Å². The smallest absolute Gasteiger partial charge is 0.276 e. The largest absolute Gasteiger partial charge is 0.442 e. The predicted octanol–water partition coefficient (Wildman–Crippen LogP) is 2.18. The van der Waals surface area contributed by atoms with Crippen molar-refractivity contribution in [2.24, 2.45) is 0 Å². The summed E-state index contributed by atoms with van der Waals surface area (Å²) >= 11 is 1.59. The third kappa shape index (κ3) is 2.41. The van der Waals surface area contributed by atoms with Crippen molar-refractivity contribution in [3.63, 3.8) is 0 Å². The molecule has 2 aromatic rings. The molecule has 19 heavy (non-hydrogen) atoms. The highest BCUT2D eigenvalue weighted by atomic mass is 32.1. The van der Waals surface area contributed by atoms with Crippen molar-refractivity contribution in [1.29, 1.82) is 0 Å². The molecule has 6 heteroatoms. The summed E-state index contributed by atoms with van der Waals surface area (Å²) in [5, 5.41) is 0. The van der Waals surface area contributed by atoms with E-state index in [4.69, 9.17) is 9.15 Å². The Balaban J connectivity index is 1.89. The zero-order valence-corrected chi connectivity index (χ0v) is 11.4. The molecule has 3 rings (SSSR count). The molecular formula is C13H14N2O3S. The Kier molecular flexibility index (Phi) is 3.35. The Morgan fingerprint density at radius 1 is 1.37 bits per heavy atom. The van der Waals surface area contributed by atoms with Crippen LogP contribution in [0.4, 0.5) is 0 Å². The number of oxazole rings is 1. The van der Waals surface area contributed by atoms with E-state index in [1.165, 1.54) is 11.3 Å². The first-order valence-corrected chi connectivity index (χ1v) is 6.94. The van der Waals surface area contributed by atoms with Crippen molar-refractivity contribution in [2.45, 2.75) is 6.92 Å². The molecule has 0 saturated carbocycles. The lowest BCUT2D eigenvalue weighted by Crippen LogP contribution is -2.41. The molecule has 0 bridgehead atoms. The van der Waals surface area contributed by atoms with Crippen LogP contribution < -0.4 is 0 Å². The van der Waals surface area contributed by atoms with E-state index in [1.54, 1.807) is 16.2 Å². The van der Waals surface area contributed by atoms with Gasteiger partial charge >= 0.3 is 0 Å². The molecule has 2 aromatic heterocycles. The van der Waals surface area contributed by atoms with Crippen LogP contribution in [0.1, 0.15) is 15.4 Å². The summed E-state index contributed by atoms with van der Waals surface area (Å²) < 4.78 is 10.6. The summed E-state index contributed by atoms with van der Waals surface area (Å²) in [4.78, 5) is 20.4. The van der Waals surface area contributed by atoms with Crippen LogP contribution in [0.15, 0.2) is 22.9 Å². The topological polar surface area (TPSA) is 55.6 Å². The van der Waals surface area contributed by atoms with Crippen LogP contribution in [0.3, 0.4) is 0 Å². The highest BCUT2D eigenvalue weighted by Crippen LogP contribution is 2.30. The zero-order valence-electron chi connectivity index (χ0n) is 10.6. The number of ether oxygens (including phenoxy) is 1. The van der Waals surface area contributed by atoms with Gasteiger partial charge in [0.2, 0.25) is 0 Å². The first-order valence-electron chi connectivity index (χ1n) is 6.13. The molecule has 0 aromatic carbocycles. The number of aromatic nitrogens is 1. The number of carbonyl (C=O) groups excluding carboxylic acids is 1.